The zero-order chi connectivity index (χ0) is 13.9. The molecule has 1 fully saturated rings. The Labute approximate surface area is 123 Å². The molecule has 0 amide bonds. The van der Waals surface area contributed by atoms with Crippen LogP contribution in [0.5, 0.6) is 0 Å². The molecule has 0 spiro atoms. The average Bonchev–Trinajstić information content (AvgIpc) is 3.09. The summed E-state index contributed by atoms with van der Waals surface area (Å²) in [7, 11) is 0. The van der Waals surface area contributed by atoms with E-state index in [2.05, 4.69) is 43.5 Å². The van der Waals surface area contributed by atoms with E-state index in [9.17, 15) is 0 Å². The van der Waals surface area contributed by atoms with Gasteiger partial charge in [-0.2, -0.15) is 15.0 Å². The second-order valence-electron chi connectivity index (χ2n) is 4.95. The average molecular weight is 289 g/mol. The van der Waals surface area contributed by atoms with Gasteiger partial charge >= 0.3 is 0 Å². The first-order valence-corrected chi connectivity index (χ1v) is 7.94. The number of thiophene rings is 1. The lowest BCUT2D eigenvalue weighted by Crippen LogP contribution is -2.21. The highest BCUT2D eigenvalue weighted by atomic mass is 32.1. The van der Waals surface area contributed by atoms with E-state index in [-0.39, 0.29) is 0 Å². The lowest BCUT2D eigenvalue weighted by atomic mass is 10.3. The number of anilines is 2. The topological polar surface area (TPSA) is 53.9 Å². The highest BCUT2D eigenvalue weighted by Crippen LogP contribution is 2.25. The van der Waals surface area contributed by atoms with E-state index in [0.717, 1.165) is 37.0 Å². The maximum Gasteiger partial charge on any atom is 0.230 e. The van der Waals surface area contributed by atoms with E-state index in [4.69, 9.17) is 0 Å². The van der Waals surface area contributed by atoms with Crippen LogP contribution >= 0.6 is 11.3 Å². The Kier molecular flexibility index (Phi) is 3.82. The van der Waals surface area contributed by atoms with Crippen LogP contribution in [-0.2, 0) is 0 Å². The lowest BCUT2D eigenvalue weighted by molar-refractivity contribution is 0.881. The van der Waals surface area contributed by atoms with Crippen molar-refractivity contribution in [3.8, 4) is 11.4 Å². The number of nitrogens with zero attached hydrogens (tertiary/aromatic N) is 4. The molecular weight excluding hydrogens is 270 g/mol. The van der Waals surface area contributed by atoms with Gasteiger partial charge in [-0.25, -0.2) is 0 Å². The number of aryl methyl sites for hydroxylation is 1. The Bertz CT molecular complexity index is 589. The molecule has 6 heteroatoms. The standard InChI is InChI=1S/C14H19N5S/c1-3-15-13-16-12(11-8-10(2)20-9-11)17-14(18-13)19-6-4-5-7-19/h8-9H,3-7H2,1-2H3,(H,15,16,17,18). The predicted molar refractivity (Wildman–Crippen MR) is 83.5 cm³/mol. The molecule has 0 atom stereocenters. The Morgan fingerprint density at radius 2 is 2.05 bits per heavy atom. The van der Waals surface area contributed by atoms with Gasteiger partial charge in [0.2, 0.25) is 11.9 Å². The van der Waals surface area contributed by atoms with E-state index in [1.54, 1.807) is 11.3 Å². The molecule has 1 N–H and O–H groups in total. The molecule has 20 heavy (non-hydrogen) atoms. The van der Waals surface area contributed by atoms with Gasteiger partial charge in [-0.05, 0) is 32.8 Å². The van der Waals surface area contributed by atoms with Crippen LogP contribution in [0.15, 0.2) is 11.4 Å². The van der Waals surface area contributed by atoms with Gasteiger partial charge in [0.15, 0.2) is 5.82 Å². The molecule has 0 aromatic carbocycles. The molecule has 0 bridgehead atoms. The minimum absolute atomic E-state index is 0.670. The fraction of sp³-hybridized carbons (Fsp3) is 0.500. The van der Waals surface area contributed by atoms with Crippen LogP contribution < -0.4 is 10.2 Å². The van der Waals surface area contributed by atoms with E-state index in [0.29, 0.717) is 5.95 Å². The molecule has 0 radical (unpaired) electrons. The van der Waals surface area contributed by atoms with Gasteiger partial charge in [-0.1, -0.05) is 0 Å². The number of hydrogen-bond donors (Lipinski definition) is 1. The second-order valence-corrected chi connectivity index (χ2v) is 6.07. The van der Waals surface area contributed by atoms with Crippen LogP contribution in [0.1, 0.15) is 24.6 Å². The van der Waals surface area contributed by atoms with E-state index in [1.807, 2.05) is 6.92 Å². The highest BCUT2D eigenvalue weighted by molar-refractivity contribution is 7.10. The van der Waals surface area contributed by atoms with Gasteiger partial charge in [-0.3, -0.25) is 0 Å². The summed E-state index contributed by atoms with van der Waals surface area (Å²) in [6.45, 7) is 7.04. The first kappa shape index (κ1) is 13.3. The molecule has 3 heterocycles. The SMILES string of the molecule is CCNc1nc(-c2csc(C)c2)nc(N2CCCC2)n1. The largest absolute Gasteiger partial charge is 0.354 e. The summed E-state index contributed by atoms with van der Waals surface area (Å²) >= 11 is 1.72. The van der Waals surface area contributed by atoms with Crippen LogP contribution in [0.2, 0.25) is 0 Å². The molecule has 0 aliphatic carbocycles. The summed E-state index contributed by atoms with van der Waals surface area (Å²) in [6.07, 6.45) is 2.43. The minimum Gasteiger partial charge on any atom is -0.354 e. The van der Waals surface area contributed by atoms with Crippen molar-refractivity contribution in [1.29, 1.82) is 0 Å². The molecule has 3 rings (SSSR count). The Morgan fingerprint density at radius 3 is 2.70 bits per heavy atom. The summed E-state index contributed by atoms with van der Waals surface area (Å²) in [6, 6.07) is 2.13. The number of hydrogen-bond acceptors (Lipinski definition) is 6. The minimum atomic E-state index is 0.670. The summed E-state index contributed by atoms with van der Waals surface area (Å²) in [4.78, 5) is 17.2. The van der Waals surface area contributed by atoms with Crippen LogP contribution in [0.25, 0.3) is 11.4 Å². The Balaban J connectivity index is 1.99. The smallest absolute Gasteiger partial charge is 0.230 e. The molecular formula is C14H19N5S. The van der Waals surface area contributed by atoms with E-state index in [1.165, 1.54) is 17.7 Å². The Morgan fingerprint density at radius 1 is 1.25 bits per heavy atom. The normalized spacial score (nSPS) is 14.8. The van der Waals surface area contributed by atoms with Crippen LogP contribution in [0, 0.1) is 6.92 Å². The zero-order valence-corrected chi connectivity index (χ0v) is 12.7. The van der Waals surface area contributed by atoms with Crippen molar-refractivity contribution < 1.29 is 0 Å². The number of nitrogens with one attached hydrogen (secondary N) is 1. The first-order chi connectivity index (χ1) is 9.76. The van der Waals surface area contributed by atoms with Crippen molar-refractivity contribution in [2.75, 3.05) is 29.9 Å². The van der Waals surface area contributed by atoms with Crippen molar-refractivity contribution >= 4 is 23.2 Å². The molecule has 2 aromatic rings. The van der Waals surface area contributed by atoms with Crippen LogP contribution in [-0.4, -0.2) is 34.6 Å². The molecule has 1 saturated heterocycles. The van der Waals surface area contributed by atoms with Crippen molar-refractivity contribution in [3.05, 3.63) is 16.3 Å². The predicted octanol–water partition coefficient (Wildman–Crippen LogP) is 2.94. The van der Waals surface area contributed by atoms with Gasteiger partial charge in [0.05, 0.1) is 0 Å². The first-order valence-electron chi connectivity index (χ1n) is 7.06. The maximum absolute atomic E-state index is 4.65. The highest BCUT2D eigenvalue weighted by Gasteiger charge is 2.18. The van der Waals surface area contributed by atoms with E-state index >= 15 is 0 Å². The quantitative estimate of drug-likeness (QED) is 0.938. The lowest BCUT2D eigenvalue weighted by Gasteiger charge is -2.16. The van der Waals surface area contributed by atoms with Crippen molar-refractivity contribution in [2.24, 2.45) is 0 Å². The number of rotatable bonds is 4. The number of aromatic nitrogens is 3. The van der Waals surface area contributed by atoms with Crippen LogP contribution in [0.4, 0.5) is 11.9 Å². The van der Waals surface area contributed by atoms with Gasteiger partial charge < -0.3 is 10.2 Å². The molecule has 2 aromatic heterocycles. The molecule has 106 valence electrons. The van der Waals surface area contributed by atoms with Gasteiger partial charge in [0.25, 0.3) is 0 Å². The van der Waals surface area contributed by atoms with Gasteiger partial charge in [-0.15, -0.1) is 11.3 Å². The third kappa shape index (κ3) is 2.75. The molecule has 1 aliphatic heterocycles. The third-order valence-corrected chi connectivity index (χ3v) is 4.20. The molecule has 5 nitrogen and oxygen atoms in total. The van der Waals surface area contributed by atoms with Crippen molar-refractivity contribution in [2.45, 2.75) is 26.7 Å². The third-order valence-electron chi connectivity index (χ3n) is 3.34. The fourth-order valence-electron chi connectivity index (χ4n) is 2.35. The summed E-state index contributed by atoms with van der Waals surface area (Å²) in [5.74, 6) is 2.23. The van der Waals surface area contributed by atoms with Crippen LogP contribution in [0.3, 0.4) is 0 Å². The van der Waals surface area contributed by atoms with Crippen molar-refractivity contribution in [3.63, 3.8) is 0 Å². The second kappa shape index (κ2) is 5.75. The zero-order valence-electron chi connectivity index (χ0n) is 11.9. The van der Waals surface area contributed by atoms with E-state index < -0.39 is 0 Å². The molecule has 0 saturated carbocycles. The van der Waals surface area contributed by atoms with Gasteiger partial charge in [0.1, 0.15) is 0 Å². The van der Waals surface area contributed by atoms with Crippen molar-refractivity contribution in [1.82, 2.24) is 15.0 Å². The molecule has 1 aliphatic rings. The Hall–Kier alpha value is -1.69. The molecule has 0 unspecified atom stereocenters. The fourth-order valence-corrected chi connectivity index (χ4v) is 3.03. The van der Waals surface area contributed by atoms with Gasteiger partial charge in [0, 0.05) is 35.5 Å². The summed E-state index contributed by atoms with van der Waals surface area (Å²) < 4.78 is 0. The summed E-state index contributed by atoms with van der Waals surface area (Å²) in [5, 5.41) is 5.31. The monoisotopic (exact) mass is 289 g/mol. The maximum atomic E-state index is 4.65. The summed E-state index contributed by atoms with van der Waals surface area (Å²) in [5.41, 5.74) is 1.08.